The molecule has 5 atom stereocenters. The van der Waals surface area contributed by atoms with Crippen LogP contribution in [0.2, 0.25) is 0 Å². The number of aliphatic hydroxyl groups is 1. The minimum atomic E-state index is -0.435. The topological polar surface area (TPSA) is 66.4 Å². The summed E-state index contributed by atoms with van der Waals surface area (Å²) in [5.41, 5.74) is 0. The second-order valence-electron chi connectivity index (χ2n) is 3.52. The zero-order valence-electron chi connectivity index (χ0n) is 7.50. The van der Waals surface area contributed by atoms with Crippen LogP contribution in [-0.4, -0.2) is 56.0 Å². The second-order valence-corrected chi connectivity index (χ2v) is 3.52. The Morgan fingerprint density at radius 2 is 1.64 bits per heavy atom. The van der Waals surface area contributed by atoms with Crippen LogP contribution in [0.25, 0.3) is 0 Å². The average Bonchev–Trinajstić information content (AvgIpc) is 2.83. The summed E-state index contributed by atoms with van der Waals surface area (Å²) < 4.78 is 26.7. The predicted octanol–water partition coefficient (Wildman–Crippen LogP) is -1.18. The van der Waals surface area contributed by atoms with Gasteiger partial charge in [-0.05, 0) is 0 Å². The number of hydrogen-bond acceptors (Lipinski definition) is 6. The summed E-state index contributed by atoms with van der Waals surface area (Å²) in [4.78, 5) is 0. The van der Waals surface area contributed by atoms with E-state index in [2.05, 4.69) is 0 Å². The van der Waals surface area contributed by atoms with E-state index < -0.39 is 6.29 Å². The molecule has 0 amide bonds. The van der Waals surface area contributed by atoms with Gasteiger partial charge in [-0.15, -0.1) is 0 Å². The van der Waals surface area contributed by atoms with E-state index in [-0.39, 0.29) is 44.6 Å². The van der Waals surface area contributed by atoms with Gasteiger partial charge in [0.15, 0.2) is 13.1 Å². The van der Waals surface area contributed by atoms with E-state index in [1.54, 1.807) is 0 Å². The van der Waals surface area contributed by atoms with Crippen molar-refractivity contribution in [2.45, 2.75) is 30.7 Å². The summed E-state index contributed by atoms with van der Waals surface area (Å²) in [5, 5.41) is 9.10. The Morgan fingerprint density at radius 3 is 2.50 bits per heavy atom. The number of hydrogen-bond donors (Lipinski definition) is 1. The van der Waals surface area contributed by atoms with Crippen LogP contribution < -0.4 is 0 Å². The molecule has 6 nitrogen and oxygen atoms in total. The normalized spacial score (nSPS) is 51.6. The summed E-state index contributed by atoms with van der Waals surface area (Å²) in [6.45, 7) is 0.332. The third kappa shape index (κ3) is 1.19. The molecule has 3 heterocycles. The zero-order valence-corrected chi connectivity index (χ0v) is 7.50. The second kappa shape index (κ2) is 3.41. The molecule has 80 valence electrons. The molecule has 0 bridgehead atoms. The molecule has 0 aromatic rings. The lowest BCUT2D eigenvalue weighted by Gasteiger charge is -2.36. The van der Waals surface area contributed by atoms with Gasteiger partial charge in [0.25, 0.3) is 0 Å². The van der Waals surface area contributed by atoms with Crippen molar-refractivity contribution in [3.63, 3.8) is 0 Å². The first kappa shape index (κ1) is 9.02. The molecule has 3 aliphatic heterocycles. The number of aliphatic hydroxyl groups excluding tert-OH is 1. The monoisotopic (exact) mass is 204 g/mol. The molecule has 6 heteroatoms. The van der Waals surface area contributed by atoms with Gasteiger partial charge in [0.05, 0.1) is 6.61 Å². The molecule has 3 fully saturated rings. The molecule has 0 aromatic heterocycles. The summed E-state index contributed by atoms with van der Waals surface area (Å²) in [6, 6.07) is 0. The predicted molar refractivity (Wildman–Crippen MR) is 41.2 cm³/mol. The lowest BCUT2D eigenvalue weighted by Crippen LogP contribution is -2.56. The van der Waals surface area contributed by atoms with Gasteiger partial charge >= 0.3 is 0 Å². The van der Waals surface area contributed by atoms with Crippen molar-refractivity contribution in [3.05, 3.63) is 0 Å². The van der Waals surface area contributed by atoms with Crippen LogP contribution in [-0.2, 0) is 23.7 Å². The highest BCUT2D eigenvalue weighted by molar-refractivity contribution is 4.95. The van der Waals surface area contributed by atoms with E-state index in [4.69, 9.17) is 28.8 Å². The van der Waals surface area contributed by atoms with E-state index in [9.17, 15) is 0 Å². The van der Waals surface area contributed by atoms with E-state index in [1.165, 1.54) is 0 Å². The van der Waals surface area contributed by atoms with Gasteiger partial charge in [-0.3, -0.25) is 0 Å². The van der Waals surface area contributed by atoms with Crippen LogP contribution in [0.15, 0.2) is 0 Å². The van der Waals surface area contributed by atoms with Gasteiger partial charge < -0.3 is 28.8 Å². The smallest absolute Gasteiger partial charge is 0.189 e. The molecule has 3 rings (SSSR count). The van der Waals surface area contributed by atoms with Crippen molar-refractivity contribution in [3.8, 4) is 0 Å². The largest absolute Gasteiger partial charge is 0.394 e. The molecule has 1 N–H and O–H groups in total. The average molecular weight is 204 g/mol. The maximum absolute atomic E-state index is 9.10. The number of rotatable bonds is 1. The zero-order chi connectivity index (χ0) is 9.54. The standard InChI is InChI=1S/C8H12O6/c9-1-4-5-6(11-2-10-5)7-8(14-4)13-3-12-7/h4-9H,1-3H2/t4-,5+,6+,7-,8-/m1/s1. The third-order valence-corrected chi connectivity index (χ3v) is 2.78. The van der Waals surface area contributed by atoms with Crippen LogP contribution >= 0.6 is 0 Å². The SMILES string of the molecule is OC[C@H]1O[C@H]2OCO[C@@H]2[C@H]2OCO[C@H]21. The Kier molecular flexibility index (Phi) is 2.19. The first-order chi connectivity index (χ1) is 6.90. The van der Waals surface area contributed by atoms with E-state index in [1.807, 2.05) is 0 Å². The van der Waals surface area contributed by atoms with Crippen molar-refractivity contribution >= 4 is 0 Å². The first-order valence-corrected chi connectivity index (χ1v) is 4.63. The highest BCUT2D eigenvalue weighted by Gasteiger charge is 2.53. The Morgan fingerprint density at radius 1 is 0.929 bits per heavy atom. The highest BCUT2D eigenvalue weighted by atomic mass is 16.8. The van der Waals surface area contributed by atoms with Gasteiger partial charge in [-0.25, -0.2) is 0 Å². The Labute approximate surface area is 80.6 Å². The minimum absolute atomic E-state index is 0.100. The van der Waals surface area contributed by atoms with Crippen molar-refractivity contribution in [1.29, 1.82) is 0 Å². The van der Waals surface area contributed by atoms with Crippen molar-refractivity contribution < 1.29 is 28.8 Å². The summed E-state index contributed by atoms with van der Waals surface area (Å²) in [7, 11) is 0. The molecule has 0 aromatic carbocycles. The molecule has 0 radical (unpaired) electrons. The molecule has 0 spiro atoms. The molecule has 0 unspecified atom stereocenters. The quantitative estimate of drug-likeness (QED) is 0.580. The van der Waals surface area contributed by atoms with Gasteiger partial charge in [0.1, 0.15) is 31.2 Å². The fourth-order valence-corrected chi connectivity index (χ4v) is 2.11. The lowest BCUT2D eigenvalue weighted by molar-refractivity contribution is -0.226. The third-order valence-electron chi connectivity index (χ3n) is 2.78. The molecule has 3 aliphatic rings. The van der Waals surface area contributed by atoms with Crippen LogP contribution in [0.4, 0.5) is 0 Å². The van der Waals surface area contributed by atoms with Crippen LogP contribution in [0, 0.1) is 0 Å². The minimum Gasteiger partial charge on any atom is -0.394 e. The lowest BCUT2D eigenvalue weighted by atomic mass is 9.99. The van der Waals surface area contributed by atoms with Crippen molar-refractivity contribution in [1.82, 2.24) is 0 Å². The maximum Gasteiger partial charge on any atom is 0.189 e. The molecule has 0 aliphatic carbocycles. The van der Waals surface area contributed by atoms with Crippen LogP contribution in [0.1, 0.15) is 0 Å². The maximum atomic E-state index is 9.10. The number of ether oxygens (including phenoxy) is 5. The summed E-state index contributed by atoms with van der Waals surface area (Å²) in [5.74, 6) is 0. The van der Waals surface area contributed by atoms with Crippen LogP contribution in [0.3, 0.4) is 0 Å². The Bertz CT molecular complexity index is 222. The Balaban J connectivity index is 1.82. The fraction of sp³-hybridized carbons (Fsp3) is 1.00. The molecular formula is C8H12O6. The van der Waals surface area contributed by atoms with E-state index in [0.717, 1.165) is 0 Å². The summed E-state index contributed by atoms with van der Waals surface area (Å²) >= 11 is 0. The van der Waals surface area contributed by atoms with E-state index >= 15 is 0 Å². The molecule has 0 saturated carbocycles. The number of fused-ring (bicyclic) bond motifs is 3. The first-order valence-electron chi connectivity index (χ1n) is 4.63. The summed E-state index contributed by atoms with van der Waals surface area (Å²) in [6.07, 6.45) is -1.48. The van der Waals surface area contributed by atoms with Gasteiger partial charge in [-0.2, -0.15) is 0 Å². The van der Waals surface area contributed by atoms with Gasteiger partial charge in [0.2, 0.25) is 0 Å². The van der Waals surface area contributed by atoms with Crippen molar-refractivity contribution in [2.24, 2.45) is 0 Å². The molecule has 14 heavy (non-hydrogen) atoms. The van der Waals surface area contributed by atoms with Crippen molar-refractivity contribution in [2.75, 3.05) is 20.2 Å². The van der Waals surface area contributed by atoms with Crippen LogP contribution in [0.5, 0.6) is 0 Å². The fourth-order valence-electron chi connectivity index (χ4n) is 2.11. The van der Waals surface area contributed by atoms with Gasteiger partial charge in [-0.1, -0.05) is 0 Å². The molecule has 3 saturated heterocycles. The van der Waals surface area contributed by atoms with Gasteiger partial charge in [0, 0.05) is 0 Å². The van der Waals surface area contributed by atoms with E-state index in [0.29, 0.717) is 0 Å². The Hall–Kier alpha value is -0.240. The highest BCUT2D eigenvalue weighted by Crippen LogP contribution is 2.34. The molecular weight excluding hydrogens is 192 g/mol.